The molecule has 2 unspecified atom stereocenters. The highest BCUT2D eigenvalue weighted by Gasteiger charge is 2.44. The van der Waals surface area contributed by atoms with Gasteiger partial charge in [0, 0.05) is 24.8 Å². The van der Waals surface area contributed by atoms with Gasteiger partial charge in [-0.25, -0.2) is 0 Å². The molecule has 0 spiro atoms. The first-order valence-corrected chi connectivity index (χ1v) is 8.04. The van der Waals surface area contributed by atoms with Crippen molar-refractivity contribution in [2.45, 2.75) is 38.5 Å². The molecule has 0 fully saturated rings. The van der Waals surface area contributed by atoms with E-state index in [1.54, 1.807) is 32.0 Å². The first kappa shape index (κ1) is 17.7. The van der Waals surface area contributed by atoms with Crippen molar-refractivity contribution >= 4 is 5.97 Å². The van der Waals surface area contributed by atoms with Crippen LogP contribution >= 0.6 is 0 Å². The third-order valence-corrected chi connectivity index (χ3v) is 4.32. The summed E-state index contributed by atoms with van der Waals surface area (Å²) in [6.07, 6.45) is 0.417. The highest BCUT2D eigenvalue weighted by molar-refractivity contribution is 5.69. The van der Waals surface area contributed by atoms with Crippen LogP contribution in [-0.4, -0.2) is 27.3 Å². The summed E-state index contributed by atoms with van der Waals surface area (Å²) in [6.45, 7) is 4.70. The molecule has 134 valence electrons. The second-order valence-electron chi connectivity index (χ2n) is 6.66. The maximum atomic E-state index is 12.6. The van der Waals surface area contributed by atoms with E-state index in [4.69, 9.17) is 14.7 Å². The molecule has 0 aliphatic carbocycles. The van der Waals surface area contributed by atoms with Crippen LogP contribution in [-0.2, 0) is 4.79 Å². The van der Waals surface area contributed by atoms with Gasteiger partial charge >= 0.3 is 5.97 Å². The number of pyridine rings is 1. The number of hydrogen-bond donors (Lipinski definition) is 1. The third-order valence-electron chi connectivity index (χ3n) is 4.32. The summed E-state index contributed by atoms with van der Waals surface area (Å²) in [6, 6.07) is 8.84. The molecular weight excluding hydrogens is 336 g/mol. The minimum absolute atomic E-state index is 0.130. The van der Waals surface area contributed by atoms with Gasteiger partial charge in [0.2, 0.25) is 0 Å². The Morgan fingerprint density at radius 3 is 2.69 bits per heavy atom. The SMILES string of the molecule is CC(=O)Oc1ccn(C2c3cc(C#N)ccc3OC(C)(C)C2O)c(=O)c1. The fourth-order valence-electron chi connectivity index (χ4n) is 3.07. The van der Waals surface area contributed by atoms with Crippen molar-refractivity contribution in [2.24, 2.45) is 0 Å². The number of esters is 1. The number of fused-ring (bicyclic) bond motifs is 1. The van der Waals surface area contributed by atoms with Gasteiger partial charge in [-0.1, -0.05) is 0 Å². The zero-order valence-electron chi connectivity index (χ0n) is 14.6. The van der Waals surface area contributed by atoms with Crippen LogP contribution in [0.2, 0.25) is 0 Å². The molecule has 1 aliphatic rings. The summed E-state index contributed by atoms with van der Waals surface area (Å²) >= 11 is 0. The van der Waals surface area contributed by atoms with Gasteiger partial charge in [-0.15, -0.1) is 0 Å². The molecule has 0 saturated carbocycles. The number of aliphatic hydroxyl groups is 1. The predicted molar refractivity (Wildman–Crippen MR) is 92.0 cm³/mol. The number of benzene rings is 1. The van der Waals surface area contributed by atoms with Crippen molar-refractivity contribution < 1.29 is 19.4 Å². The van der Waals surface area contributed by atoms with E-state index < -0.39 is 29.3 Å². The number of nitriles is 1. The summed E-state index contributed by atoms with van der Waals surface area (Å²) in [5, 5.41) is 20.0. The first-order chi connectivity index (χ1) is 12.2. The van der Waals surface area contributed by atoms with E-state index in [0.29, 0.717) is 16.9 Å². The lowest BCUT2D eigenvalue weighted by atomic mass is 9.85. The van der Waals surface area contributed by atoms with Gasteiger partial charge in [0.1, 0.15) is 23.2 Å². The lowest BCUT2D eigenvalue weighted by Crippen LogP contribution is -2.52. The van der Waals surface area contributed by atoms with E-state index in [1.165, 1.54) is 29.8 Å². The Bertz CT molecular complexity index is 971. The fraction of sp³-hybridized carbons (Fsp3) is 0.316. The second kappa shape index (κ2) is 6.32. The van der Waals surface area contributed by atoms with Crippen molar-refractivity contribution in [3.8, 4) is 17.6 Å². The van der Waals surface area contributed by atoms with Gasteiger partial charge in [-0.2, -0.15) is 5.26 Å². The number of aliphatic hydroxyl groups excluding tert-OH is 1. The van der Waals surface area contributed by atoms with Gasteiger partial charge in [0.15, 0.2) is 0 Å². The van der Waals surface area contributed by atoms with Crippen molar-refractivity contribution in [1.29, 1.82) is 5.26 Å². The summed E-state index contributed by atoms with van der Waals surface area (Å²) in [4.78, 5) is 23.7. The Balaban J connectivity index is 2.16. The van der Waals surface area contributed by atoms with Crippen molar-refractivity contribution in [3.63, 3.8) is 0 Å². The molecule has 1 aromatic heterocycles. The average Bonchev–Trinajstić information content (AvgIpc) is 2.56. The Kier molecular flexibility index (Phi) is 4.30. The van der Waals surface area contributed by atoms with E-state index in [9.17, 15) is 14.7 Å². The van der Waals surface area contributed by atoms with E-state index in [1.807, 2.05) is 6.07 Å². The van der Waals surface area contributed by atoms with Crippen LogP contribution in [0.4, 0.5) is 0 Å². The zero-order chi connectivity index (χ0) is 19.1. The second-order valence-corrected chi connectivity index (χ2v) is 6.66. The van der Waals surface area contributed by atoms with Gasteiger partial charge in [0.25, 0.3) is 5.56 Å². The number of rotatable bonds is 2. The lowest BCUT2D eigenvalue weighted by Gasteiger charge is -2.42. The largest absolute Gasteiger partial charge is 0.485 e. The van der Waals surface area contributed by atoms with Crippen LogP contribution in [0.1, 0.15) is 37.9 Å². The molecular formula is C19H18N2O5. The minimum Gasteiger partial charge on any atom is -0.485 e. The molecule has 2 atom stereocenters. The standard InChI is InChI=1S/C19H18N2O5/c1-11(22)25-13-6-7-21(16(23)9-13)17-14-8-12(10-20)4-5-15(14)26-19(2,3)18(17)24/h4-9,17-18,24H,1-3H3. The summed E-state index contributed by atoms with van der Waals surface area (Å²) in [7, 11) is 0. The van der Waals surface area contributed by atoms with Crippen LogP contribution in [0.3, 0.4) is 0 Å². The van der Waals surface area contributed by atoms with E-state index in [0.717, 1.165) is 0 Å². The topological polar surface area (TPSA) is 102 Å². The van der Waals surface area contributed by atoms with Crippen LogP contribution in [0.25, 0.3) is 0 Å². The number of aromatic nitrogens is 1. The molecule has 3 rings (SSSR count). The lowest BCUT2D eigenvalue weighted by molar-refractivity contribution is -0.131. The number of ether oxygens (including phenoxy) is 2. The number of carbonyl (C=O) groups is 1. The minimum atomic E-state index is -1.04. The molecule has 0 amide bonds. The summed E-state index contributed by atoms with van der Waals surface area (Å²) in [5.41, 5.74) is -0.453. The van der Waals surface area contributed by atoms with Crippen LogP contribution < -0.4 is 15.0 Å². The first-order valence-electron chi connectivity index (χ1n) is 8.04. The number of hydrogen-bond acceptors (Lipinski definition) is 6. The molecule has 26 heavy (non-hydrogen) atoms. The van der Waals surface area contributed by atoms with Crippen molar-refractivity contribution in [1.82, 2.24) is 4.57 Å². The van der Waals surface area contributed by atoms with E-state index >= 15 is 0 Å². The molecule has 2 aromatic rings. The van der Waals surface area contributed by atoms with E-state index in [-0.39, 0.29) is 5.75 Å². The van der Waals surface area contributed by atoms with Gasteiger partial charge in [-0.05, 0) is 38.1 Å². The molecule has 7 heteroatoms. The molecule has 1 aliphatic heterocycles. The molecule has 0 radical (unpaired) electrons. The number of nitrogens with zero attached hydrogens (tertiary/aromatic N) is 2. The third kappa shape index (κ3) is 3.07. The van der Waals surface area contributed by atoms with Gasteiger partial charge in [0.05, 0.1) is 17.7 Å². The highest BCUT2D eigenvalue weighted by Crippen LogP contribution is 2.41. The maximum absolute atomic E-state index is 12.6. The van der Waals surface area contributed by atoms with Crippen molar-refractivity contribution in [2.75, 3.05) is 0 Å². The normalized spacial score (nSPS) is 20.4. The highest BCUT2D eigenvalue weighted by atomic mass is 16.5. The Morgan fingerprint density at radius 2 is 2.08 bits per heavy atom. The molecule has 2 heterocycles. The molecule has 0 bridgehead atoms. The Hall–Kier alpha value is -3.11. The fourth-order valence-corrected chi connectivity index (χ4v) is 3.07. The molecule has 1 aromatic carbocycles. The van der Waals surface area contributed by atoms with Crippen LogP contribution in [0.5, 0.6) is 11.5 Å². The quantitative estimate of drug-likeness (QED) is 0.825. The Labute approximate surface area is 150 Å². The Morgan fingerprint density at radius 1 is 1.35 bits per heavy atom. The average molecular weight is 354 g/mol. The van der Waals surface area contributed by atoms with Crippen molar-refractivity contribution in [3.05, 3.63) is 58.0 Å². The smallest absolute Gasteiger partial charge is 0.308 e. The van der Waals surface area contributed by atoms with E-state index in [2.05, 4.69) is 0 Å². The summed E-state index contributed by atoms with van der Waals surface area (Å²) in [5.74, 6) is 0.101. The zero-order valence-corrected chi connectivity index (χ0v) is 14.6. The molecule has 7 nitrogen and oxygen atoms in total. The van der Waals surface area contributed by atoms with Crippen LogP contribution in [0.15, 0.2) is 41.3 Å². The maximum Gasteiger partial charge on any atom is 0.308 e. The monoisotopic (exact) mass is 354 g/mol. The molecule has 1 N–H and O–H groups in total. The van der Waals surface area contributed by atoms with Gasteiger partial charge in [-0.3, -0.25) is 9.59 Å². The predicted octanol–water partition coefficient (Wildman–Crippen LogP) is 1.77. The molecule has 0 saturated heterocycles. The summed E-state index contributed by atoms with van der Waals surface area (Å²) < 4.78 is 12.1. The van der Waals surface area contributed by atoms with Crippen LogP contribution in [0, 0.1) is 11.3 Å². The van der Waals surface area contributed by atoms with Gasteiger partial charge < -0.3 is 19.1 Å². The number of carbonyl (C=O) groups excluding carboxylic acids is 1.